The van der Waals surface area contributed by atoms with Crippen LogP contribution in [0.4, 0.5) is 0 Å². The molecule has 0 saturated carbocycles. The van der Waals surface area contributed by atoms with Crippen LogP contribution in [-0.4, -0.2) is 19.5 Å². The molecule has 0 amide bonds. The van der Waals surface area contributed by atoms with Gasteiger partial charge in [-0.3, -0.25) is 9.55 Å². The van der Waals surface area contributed by atoms with Gasteiger partial charge in [0.1, 0.15) is 5.82 Å². The summed E-state index contributed by atoms with van der Waals surface area (Å²) >= 11 is 1.83. The molecule has 0 bridgehead atoms. The van der Waals surface area contributed by atoms with Crippen molar-refractivity contribution in [3.63, 3.8) is 0 Å². The first kappa shape index (κ1) is 24.9. The fraction of sp³-hybridized carbons (Fsp3) is 0. The molecule has 5 heteroatoms. The molecule has 5 aromatic heterocycles. The molecule has 5 heterocycles. The van der Waals surface area contributed by atoms with Gasteiger partial charge in [0.2, 0.25) is 0 Å². The van der Waals surface area contributed by atoms with Gasteiger partial charge in [-0.05, 0) is 65.7 Å². The molecular formula is C39H24N4S. The molecule has 9 rings (SSSR count). The van der Waals surface area contributed by atoms with Crippen LogP contribution >= 0.6 is 11.3 Å². The number of hydrogen-bond acceptors (Lipinski definition) is 4. The molecule has 0 N–H and O–H groups in total. The van der Waals surface area contributed by atoms with Gasteiger partial charge in [0, 0.05) is 49.1 Å². The third kappa shape index (κ3) is 4.02. The number of pyridine rings is 3. The third-order valence-electron chi connectivity index (χ3n) is 8.28. The number of aromatic nitrogens is 4. The van der Waals surface area contributed by atoms with E-state index in [1.807, 2.05) is 29.7 Å². The molecule has 9 aromatic rings. The normalized spacial score (nSPS) is 11.6. The van der Waals surface area contributed by atoms with E-state index in [0.717, 1.165) is 61.4 Å². The van der Waals surface area contributed by atoms with Crippen molar-refractivity contribution in [2.75, 3.05) is 0 Å². The fourth-order valence-electron chi connectivity index (χ4n) is 6.20. The maximum Gasteiger partial charge on any atom is 0.138 e. The summed E-state index contributed by atoms with van der Waals surface area (Å²) in [5.41, 5.74) is 9.23. The van der Waals surface area contributed by atoms with Crippen molar-refractivity contribution >= 4 is 53.4 Å². The average Bonchev–Trinajstić information content (AvgIpc) is 3.62. The van der Waals surface area contributed by atoms with Crippen molar-refractivity contribution in [3.8, 4) is 39.5 Å². The Hall–Kier alpha value is -5.65. The van der Waals surface area contributed by atoms with Gasteiger partial charge in [-0.1, -0.05) is 78.9 Å². The molecule has 4 aromatic carbocycles. The summed E-state index contributed by atoms with van der Waals surface area (Å²) in [6.45, 7) is 0. The Morgan fingerprint density at radius 2 is 1.25 bits per heavy atom. The Bertz CT molecular complexity index is 2420. The smallest absolute Gasteiger partial charge is 0.138 e. The van der Waals surface area contributed by atoms with E-state index in [1.165, 1.54) is 20.2 Å². The Kier molecular flexibility index (Phi) is 5.64. The van der Waals surface area contributed by atoms with Crippen LogP contribution in [0, 0.1) is 0 Å². The van der Waals surface area contributed by atoms with Crippen LogP contribution in [0.1, 0.15) is 0 Å². The van der Waals surface area contributed by atoms with Crippen LogP contribution < -0.4 is 0 Å². The predicted octanol–water partition coefficient (Wildman–Crippen LogP) is 10.3. The van der Waals surface area contributed by atoms with E-state index in [9.17, 15) is 0 Å². The van der Waals surface area contributed by atoms with E-state index < -0.39 is 0 Å². The number of nitrogens with zero attached hydrogens (tertiary/aromatic N) is 4. The van der Waals surface area contributed by atoms with Gasteiger partial charge in [-0.2, -0.15) is 0 Å². The average molecular weight is 581 g/mol. The van der Waals surface area contributed by atoms with Crippen molar-refractivity contribution in [3.05, 3.63) is 146 Å². The topological polar surface area (TPSA) is 43.6 Å². The molecule has 0 unspecified atom stereocenters. The zero-order valence-corrected chi connectivity index (χ0v) is 24.4. The maximum absolute atomic E-state index is 5.30. The highest BCUT2D eigenvalue weighted by atomic mass is 32.1. The molecule has 0 spiro atoms. The molecule has 206 valence electrons. The lowest BCUT2D eigenvalue weighted by atomic mass is 10.0. The predicted molar refractivity (Wildman–Crippen MR) is 183 cm³/mol. The highest BCUT2D eigenvalue weighted by Gasteiger charge is 2.19. The molecule has 0 atom stereocenters. The van der Waals surface area contributed by atoms with Gasteiger partial charge in [-0.15, -0.1) is 11.3 Å². The van der Waals surface area contributed by atoms with E-state index >= 15 is 0 Å². The van der Waals surface area contributed by atoms with E-state index in [-0.39, 0.29) is 0 Å². The standard InChI is InChI=1S/C39H24N4S/c1-3-10-25(11-4-1)28-20-33(26-12-5-2-6-13-26)41-38(21-28)43-34-18-17-32(27-14-9-19-40-24-27)42-39(34)31-22-30-29-15-7-8-16-36(29)44-37(30)23-35(31)43/h1-24H. The molecular weight excluding hydrogens is 557 g/mol. The summed E-state index contributed by atoms with van der Waals surface area (Å²) in [6, 6.07) is 46.9. The van der Waals surface area contributed by atoms with E-state index in [4.69, 9.17) is 9.97 Å². The molecule has 0 radical (unpaired) electrons. The first-order valence-electron chi connectivity index (χ1n) is 14.6. The Balaban J connectivity index is 1.39. The summed E-state index contributed by atoms with van der Waals surface area (Å²) in [6.07, 6.45) is 3.66. The second kappa shape index (κ2) is 9.97. The lowest BCUT2D eigenvalue weighted by Gasteiger charge is -2.13. The van der Waals surface area contributed by atoms with Crippen LogP contribution in [0.15, 0.2) is 146 Å². The van der Waals surface area contributed by atoms with Gasteiger partial charge in [0.25, 0.3) is 0 Å². The first-order valence-corrected chi connectivity index (χ1v) is 15.4. The van der Waals surface area contributed by atoms with Crippen molar-refractivity contribution in [2.24, 2.45) is 0 Å². The highest BCUT2D eigenvalue weighted by Crippen LogP contribution is 2.41. The van der Waals surface area contributed by atoms with E-state index in [1.54, 1.807) is 6.20 Å². The van der Waals surface area contributed by atoms with Gasteiger partial charge >= 0.3 is 0 Å². The van der Waals surface area contributed by atoms with Crippen LogP contribution in [0.3, 0.4) is 0 Å². The Morgan fingerprint density at radius 1 is 0.477 bits per heavy atom. The molecule has 44 heavy (non-hydrogen) atoms. The minimum Gasteiger partial charge on any atom is -0.292 e. The first-order chi connectivity index (χ1) is 21.8. The van der Waals surface area contributed by atoms with Gasteiger partial charge < -0.3 is 0 Å². The number of benzene rings is 4. The van der Waals surface area contributed by atoms with Crippen LogP contribution in [0.5, 0.6) is 0 Å². The minimum absolute atomic E-state index is 0.863. The van der Waals surface area contributed by atoms with Crippen molar-refractivity contribution in [2.45, 2.75) is 0 Å². The quantitative estimate of drug-likeness (QED) is 0.208. The summed E-state index contributed by atoms with van der Waals surface area (Å²) < 4.78 is 4.82. The summed E-state index contributed by atoms with van der Waals surface area (Å²) in [5, 5.41) is 3.63. The summed E-state index contributed by atoms with van der Waals surface area (Å²) in [7, 11) is 0. The SMILES string of the molecule is c1ccc(-c2cc(-c3ccccc3)nc(-n3c4cc5sc6ccccc6c5cc4c4nc(-c5cccnc5)ccc43)c2)cc1. The van der Waals surface area contributed by atoms with Gasteiger partial charge in [0.05, 0.1) is 27.9 Å². The number of fused-ring (bicyclic) bond motifs is 6. The molecule has 0 aliphatic heterocycles. The van der Waals surface area contributed by atoms with Crippen molar-refractivity contribution in [1.82, 2.24) is 19.5 Å². The molecule has 0 aliphatic rings. The van der Waals surface area contributed by atoms with E-state index in [2.05, 4.69) is 131 Å². The third-order valence-corrected chi connectivity index (χ3v) is 9.41. The maximum atomic E-state index is 5.30. The van der Waals surface area contributed by atoms with Crippen molar-refractivity contribution in [1.29, 1.82) is 0 Å². The molecule has 0 aliphatic carbocycles. The second-order valence-corrected chi connectivity index (χ2v) is 12.0. The van der Waals surface area contributed by atoms with Crippen LogP contribution in [0.2, 0.25) is 0 Å². The van der Waals surface area contributed by atoms with Gasteiger partial charge in [0.15, 0.2) is 0 Å². The van der Waals surface area contributed by atoms with Gasteiger partial charge in [-0.25, -0.2) is 9.97 Å². The molecule has 4 nitrogen and oxygen atoms in total. The number of hydrogen-bond donors (Lipinski definition) is 0. The zero-order valence-electron chi connectivity index (χ0n) is 23.6. The summed E-state index contributed by atoms with van der Waals surface area (Å²) in [5.74, 6) is 0.863. The Labute approximate surface area is 257 Å². The van der Waals surface area contributed by atoms with Crippen molar-refractivity contribution < 1.29 is 0 Å². The van der Waals surface area contributed by atoms with Crippen LogP contribution in [-0.2, 0) is 0 Å². The highest BCUT2D eigenvalue weighted by molar-refractivity contribution is 7.25. The lowest BCUT2D eigenvalue weighted by molar-refractivity contribution is 1.08. The zero-order chi connectivity index (χ0) is 29.0. The summed E-state index contributed by atoms with van der Waals surface area (Å²) in [4.78, 5) is 14.9. The molecule has 0 fully saturated rings. The number of thiophene rings is 1. The fourth-order valence-corrected chi connectivity index (χ4v) is 7.32. The second-order valence-electron chi connectivity index (χ2n) is 10.9. The Morgan fingerprint density at radius 3 is 2.07 bits per heavy atom. The largest absolute Gasteiger partial charge is 0.292 e. The lowest BCUT2D eigenvalue weighted by Crippen LogP contribution is -2.00. The van der Waals surface area contributed by atoms with E-state index in [0.29, 0.717) is 0 Å². The number of rotatable bonds is 4. The molecule has 0 saturated heterocycles. The van der Waals surface area contributed by atoms with Crippen LogP contribution in [0.25, 0.3) is 81.6 Å². The minimum atomic E-state index is 0.863. The monoisotopic (exact) mass is 580 g/mol.